The number of rotatable bonds is 0. The SMILES string of the molecule is O=S(=O)([O-])[O-].[Mn].[Zn+2]. The second-order valence-electron chi connectivity index (χ2n) is 0.408. The summed E-state index contributed by atoms with van der Waals surface area (Å²) in [6, 6.07) is 0. The van der Waals surface area contributed by atoms with Crippen molar-refractivity contribution in [1.82, 2.24) is 0 Å². The minimum atomic E-state index is -5.17. The van der Waals surface area contributed by atoms with Gasteiger partial charge in [0, 0.05) is 27.5 Å². The van der Waals surface area contributed by atoms with E-state index in [9.17, 15) is 0 Å². The predicted octanol–water partition coefficient (Wildman–Crippen LogP) is -1.34. The molecule has 0 saturated carbocycles. The van der Waals surface area contributed by atoms with Crippen LogP contribution in [0.3, 0.4) is 0 Å². The van der Waals surface area contributed by atoms with E-state index in [1.165, 1.54) is 0 Å². The second kappa shape index (κ2) is 5.16. The van der Waals surface area contributed by atoms with Crippen LogP contribution in [0.4, 0.5) is 0 Å². The molecule has 0 N–H and O–H groups in total. The van der Waals surface area contributed by atoms with E-state index >= 15 is 0 Å². The van der Waals surface area contributed by atoms with E-state index in [-0.39, 0.29) is 36.5 Å². The molecular weight excluding hydrogens is 216 g/mol. The van der Waals surface area contributed by atoms with Gasteiger partial charge in [-0.1, -0.05) is 0 Å². The first-order valence-corrected chi connectivity index (χ1v) is 2.00. The molecule has 0 unspecified atom stereocenters. The summed E-state index contributed by atoms with van der Waals surface area (Å²) in [5.74, 6) is 0. The van der Waals surface area contributed by atoms with Gasteiger partial charge >= 0.3 is 19.5 Å². The van der Waals surface area contributed by atoms with E-state index in [0.717, 1.165) is 0 Å². The summed E-state index contributed by atoms with van der Waals surface area (Å²) in [5.41, 5.74) is 0. The van der Waals surface area contributed by atoms with Gasteiger partial charge in [-0.05, 0) is 0 Å². The van der Waals surface area contributed by atoms with Gasteiger partial charge in [0.05, 0.1) is 0 Å². The van der Waals surface area contributed by atoms with Crippen LogP contribution < -0.4 is 0 Å². The van der Waals surface area contributed by atoms with Crippen LogP contribution in [0.5, 0.6) is 0 Å². The van der Waals surface area contributed by atoms with Crippen LogP contribution in [0, 0.1) is 0 Å². The van der Waals surface area contributed by atoms with Crippen molar-refractivity contribution in [3.63, 3.8) is 0 Å². The van der Waals surface area contributed by atoms with Crippen LogP contribution in [-0.2, 0) is 46.9 Å². The van der Waals surface area contributed by atoms with Crippen molar-refractivity contribution >= 4 is 10.4 Å². The summed E-state index contributed by atoms with van der Waals surface area (Å²) in [7, 11) is -5.17. The molecule has 0 fully saturated rings. The van der Waals surface area contributed by atoms with Gasteiger partial charge in [0.1, 0.15) is 0 Å². The molecule has 1 radical (unpaired) electrons. The zero-order valence-electron chi connectivity index (χ0n) is 3.13. The van der Waals surface area contributed by atoms with Gasteiger partial charge in [-0.2, -0.15) is 0 Å². The first kappa shape index (κ1) is 15.7. The molecule has 0 rings (SSSR count). The Balaban J connectivity index is -0.0000000800. The zero-order valence-corrected chi connectivity index (χ0v) is 8.09. The Morgan fingerprint density at radius 3 is 1.14 bits per heavy atom. The van der Waals surface area contributed by atoms with Crippen molar-refractivity contribution in [2.24, 2.45) is 0 Å². The van der Waals surface area contributed by atoms with Crippen LogP contribution in [0.25, 0.3) is 0 Å². The summed E-state index contributed by atoms with van der Waals surface area (Å²) in [4.78, 5) is 0. The van der Waals surface area contributed by atoms with Gasteiger partial charge in [-0.25, -0.2) is 0 Å². The Bertz CT molecular complexity index is 94.9. The third kappa shape index (κ3) is 172. The number of hydrogen-bond donors (Lipinski definition) is 0. The Hall–Kier alpha value is 1.01. The maximum Gasteiger partial charge on any atom is 2.00 e. The largest absolute Gasteiger partial charge is 2.00 e. The molecule has 0 aromatic heterocycles. The van der Waals surface area contributed by atoms with E-state index in [0.29, 0.717) is 0 Å². The standard InChI is InChI=1S/Mn.H2O4S.Zn/c;1-5(2,3)4;/h;(H2,1,2,3,4);/q;;+2/p-2. The van der Waals surface area contributed by atoms with Crippen LogP contribution in [0.2, 0.25) is 0 Å². The van der Waals surface area contributed by atoms with Gasteiger partial charge in [0.25, 0.3) is 0 Å². The van der Waals surface area contributed by atoms with Crippen molar-refractivity contribution in [2.45, 2.75) is 0 Å². The van der Waals surface area contributed by atoms with E-state index < -0.39 is 10.4 Å². The topological polar surface area (TPSA) is 80.3 Å². The Morgan fingerprint density at radius 1 is 1.14 bits per heavy atom. The average molecular weight is 216 g/mol. The van der Waals surface area contributed by atoms with Gasteiger partial charge < -0.3 is 9.11 Å². The molecule has 0 aliphatic rings. The van der Waals surface area contributed by atoms with E-state index in [1.807, 2.05) is 0 Å². The quantitative estimate of drug-likeness (QED) is 0.285. The van der Waals surface area contributed by atoms with Gasteiger partial charge in [-0.15, -0.1) is 0 Å². The molecule has 0 amide bonds. The molecule has 0 spiro atoms. The average Bonchev–Trinajstić information content (AvgIpc) is 0.722. The predicted molar refractivity (Wildman–Crippen MR) is 10.5 cm³/mol. The van der Waals surface area contributed by atoms with E-state index in [4.69, 9.17) is 17.5 Å². The normalized spacial score (nSPS) is 8.29. The first-order valence-electron chi connectivity index (χ1n) is 0.667. The molecular formula is MnO4SZn. The maximum absolute atomic E-state index is 8.52. The van der Waals surface area contributed by atoms with Crippen molar-refractivity contribution in [1.29, 1.82) is 0 Å². The third-order valence-corrected chi connectivity index (χ3v) is 0. The molecule has 0 bridgehead atoms. The fourth-order valence-corrected chi connectivity index (χ4v) is 0. The van der Waals surface area contributed by atoms with E-state index in [1.54, 1.807) is 0 Å². The fourth-order valence-electron chi connectivity index (χ4n) is 0. The van der Waals surface area contributed by atoms with Crippen LogP contribution in [-0.4, -0.2) is 17.5 Å². The van der Waals surface area contributed by atoms with Gasteiger partial charge in [-0.3, -0.25) is 8.42 Å². The molecule has 0 heterocycles. The Labute approximate surface area is 64.5 Å². The fraction of sp³-hybridized carbons (Fsp3) is 0. The summed E-state index contributed by atoms with van der Waals surface area (Å²) in [6.07, 6.45) is 0. The van der Waals surface area contributed by atoms with Crippen molar-refractivity contribution < 1.29 is 54.1 Å². The Morgan fingerprint density at radius 2 is 1.14 bits per heavy atom. The Kier molecular flexibility index (Phi) is 11.5. The summed E-state index contributed by atoms with van der Waals surface area (Å²) in [5, 5.41) is 0. The third-order valence-electron chi connectivity index (χ3n) is 0. The number of hydrogen-bond acceptors (Lipinski definition) is 4. The molecule has 39 valence electrons. The van der Waals surface area contributed by atoms with Gasteiger partial charge in [0.2, 0.25) is 0 Å². The van der Waals surface area contributed by atoms with Crippen LogP contribution in [0.1, 0.15) is 0 Å². The smallest absolute Gasteiger partial charge is 0.759 e. The minimum absolute atomic E-state index is 0. The second-order valence-corrected chi connectivity index (χ2v) is 1.22. The molecule has 0 aliphatic heterocycles. The molecule has 0 aromatic rings. The molecule has 4 nitrogen and oxygen atoms in total. The zero-order chi connectivity index (χ0) is 4.50. The first-order chi connectivity index (χ1) is 2.00. The molecule has 0 aliphatic carbocycles. The molecule has 0 atom stereocenters. The van der Waals surface area contributed by atoms with Crippen molar-refractivity contribution in [2.75, 3.05) is 0 Å². The minimum Gasteiger partial charge on any atom is -0.759 e. The summed E-state index contributed by atoms with van der Waals surface area (Å²) in [6.45, 7) is 0. The summed E-state index contributed by atoms with van der Waals surface area (Å²) < 4.78 is 34.1. The van der Waals surface area contributed by atoms with Crippen LogP contribution >= 0.6 is 0 Å². The van der Waals surface area contributed by atoms with Crippen LogP contribution in [0.15, 0.2) is 0 Å². The monoisotopic (exact) mass is 215 g/mol. The molecule has 7 heteroatoms. The van der Waals surface area contributed by atoms with E-state index in [2.05, 4.69) is 0 Å². The molecule has 0 aromatic carbocycles. The summed E-state index contributed by atoms with van der Waals surface area (Å²) >= 11 is 0. The molecule has 0 saturated heterocycles. The van der Waals surface area contributed by atoms with Crippen molar-refractivity contribution in [3.05, 3.63) is 0 Å². The van der Waals surface area contributed by atoms with Gasteiger partial charge in [0.15, 0.2) is 0 Å². The molecule has 7 heavy (non-hydrogen) atoms. The van der Waals surface area contributed by atoms with Crippen molar-refractivity contribution in [3.8, 4) is 0 Å². The maximum atomic E-state index is 8.52.